The predicted octanol–water partition coefficient (Wildman–Crippen LogP) is 0.230. The fraction of sp³-hybridized carbons (Fsp3) is 0.750. The minimum Gasteiger partial charge on any atom is -0.391 e. The van der Waals surface area contributed by atoms with E-state index in [-0.39, 0.29) is 11.9 Å². The number of likely N-dealkylation sites (tertiary alicyclic amines) is 1. The Labute approximate surface area is 96.5 Å². The highest BCUT2D eigenvalue weighted by Gasteiger charge is 2.33. The van der Waals surface area contributed by atoms with Gasteiger partial charge in [0, 0.05) is 37.3 Å². The highest BCUT2D eigenvalue weighted by Crippen LogP contribution is 2.28. The van der Waals surface area contributed by atoms with Gasteiger partial charge in [0.1, 0.15) is 0 Å². The van der Waals surface area contributed by atoms with Crippen LogP contribution in [-0.2, 0) is 4.79 Å². The molecule has 0 radical (unpaired) electrons. The van der Waals surface area contributed by atoms with Gasteiger partial charge in [-0.3, -0.25) is 4.79 Å². The van der Waals surface area contributed by atoms with Gasteiger partial charge >= 0.3 is 0 Å². The zero-order valence-corrected chi connectivity index (χ0v) is 10.0. The SMILES string of the molecule is CN(C)CC1CC(O)CN1C1=CC(=O)CC1. The van der Waals surface area contributed by atoms with Gasteiger partial charge in [-0.05, 0) is 26.9 Å². The summed E-state index contributed by atoms with van der Waals surface area (Å²) in [6, 6.07) is 0.349. The molecule has 16 heavy (non-hydrogen) atoms. The average Bonchev–Trinajstić information content (AvgIpc) is 2.72. The monoisotopic (exact) mass is 224 g/mol. The van der Waals surface area contributed by atoms with Crippen LogP contribution in [0.5, 0.6) is 0 Å². The van der Waals surface area contributed by atoms with E-state index in [4.69, 9.17) is 0 Å². The molecule has 1 fully saturated rings. The second-order valence-electron chi connectivity index (χ2n) is 5.06. The quantitative estimate of drug-likeness (QED) is 0.745. The summed E-state index contributed by atoms with van der Waals surface area (Å²) in [5, 5.41) is 9.74. The Morgan fingerprint density at radius 2 is 2.25 bits per heavy atom. The lowest BCUT2D eigenvalue weighted by atomic mass is 10.2. The molecule has 90 valence electrons. The van der Waals surface area contributed by atoms with Crippen LogP contribution in [0.3, 0.4) is 0 Å². The van der Waals surface area contributed by atoms with Crippen molar-refractivity contribution in [2.75, 3.05) is 27.2 Å². The molecule has 2 rings (SSSR count). The van der Waals surface area contributed by atoms with E-state index in [9.17, 15) is 9.90 Å². The first-order chi connectivity index (χ1) is 7.56. The van der Waals surface area contributed by atoms with Crippen LogP contribution in [0.15, 0.2) is 11.8 Å². The topological polar surface area (TPSA) is 43.8 Å². The molecule has 1 saturated heterocycles. The number of ketones is 1. The number of hydrogen-bond acceptors (Lipinski definition) is 4. The lowest BCUT2D eigenvalue weighted by Gasteiger charge is -2.29. The molecule has 2 atom stereocenters. The van der Waals surface area contributed by atoms with Crippen molar-refractivity contribution in [3.63, 3.8) is 0 Å². The van der Waals surface area contributed by atoms with Crippen LogP contribution in [0.25, 0.3) is 0 Å². The average molecular weight is 224 g/mol. The van der Waals surface area contributed by atoms with Crippen LogP contribution >= 0.6 is 0 Å². The van der Waals surface area contributed by atoms with Crippen LogP contribution in [-0.4, -0.2) is 60.0 Å². The van der Waals surface area contributed by atoms with Crippen LogP contribution < -0.4 is 0 Å². The number of aliphatic hydroxyl groups is 1. The van der Waals surface area contributed by atoms with Gasteiger partial charge in [-0.15, -0.1) is 0 Å². The van der Waals surface area contributed by atoms with Gasteiger partial charge in [-0.25, -0.2) is 0 Å². The Morgan fingerprint density at radius 1 is 1.50 bits per heavy atom. The van der Waals surface area contributed by atoms with Crippen molar-refractivity contribution in [3.8, 4) is 0 Å². The molecule has 1 N–H and O–H groups in total. The molecule has 0 amide bonds. The number of hydrogen-bond donors (Lipinski definition) is 1. The van der Waals surface area contributed by atoms with Gasteiger partial charge in [0.15, 0.2) is 5.78 Å². The number of likely N-dealkylation sites (N-methyl/N-ethyl adjacent to an activating group) is 1. The number of β-amino-alcohol motifs (C(OH)–C–C–N with tert-alkyl or cyclic N) is 1. The van der Waals surface area contributed by atoms with Crippen molar-refractivity contribution < 1.29 is 9.90 Å². The Hall–Kier alpha value is -0.870. The summed E-state index contributed by atoms with van der Waals surface area (Å²) < 4.78 is 0. The molecule has 0 saturated carbocycles. The maximum atomic E-state index is 11.2. The standard InChI is InChI=1S/C12H20N2O2/c1-13(2)7-10-6-12(16)8-14(10)9-3-4-11(15)5-9/h5,10,12,16H,3-4,6-8H2,1-2H3. The van der Waals surface area contributed by atoms with Gasteiger partial charge < -0.3 is 14.9 Å². The third-order valence-electron chi connectivity index (χ3n) is 3.29. The minimum atomic E-state index is -0.249. The summed E-state index contributed by atoms with van der Waals surface area (Å²) in [6.45, 7) is 1.61. The summed E-state index contributed by atoms with van der Waals surface area (Å²) in [7, 11) is 4.08. The summed E-state index contributed by atoms with van der Waals surface area (Å²) in [5.41, 5.74) is 1.12. The number of nitrogens with zero attached hydrogens (tertiary/aromatic N) is 2. The molecule has 0 aromatic carbocycles. The van der Waals surface area contributed by atoms with E-state index in [0.717, 1.165) is 25.1 Å². The van der Waals surface area contributed by atoms with E-state index < -0.39 is 0 Å². The summed E-state index contributed by atoms with van der Waals surface area (Å²) in [5.74, 6) is 0.222. The fourth-order valence-electron chi connectivity index (χ4n) is 2.65. The number of carbonyl (C=O) groups is 1. The zero-order valence-electron chi connectivity index (χ0n) is 10.0. The number of aliphatic hydroxyl groups excluding tert-OH is 1. The van der Waals surface area contributed by atoms with Gasteiger partial charge in [-0.1, -0.05) is 0 Å². The Bertz CT molecular complexity index is 312. The van der Waals surface area contributed by atoms with Crippen molar-refractivity contribution >= 4 is 5.78 Å². The molecule has 2 unspecified atom stereocenters. The molecule has 1 aliphatic heterocycles. The van der Waals surface area contributed by atoms with Crippen molar-refractivity contribution in [1.82, 2.24) is 9.80 Å². The highest BCUT2D eigenvalue weighted by atomic mass is 16.3. The second-order valence-corrected chi connectivity index (χ2v) is 5.06. The summed E-state index contributed by atoms with van der Waals surface area (Å²) in [6.07, 6.45) is 3.79. The van der Waals surface area contributed by atoms with Gasteiger partial charge in [0.05, 0.1) is 6.10 Å². The maximum Gasteiger partial charge on any atom is 0.157 e. The van der Waals surface area contributed by atoms with Crippen LogP contribution in [0.2, 0.25) is 0 Å². The molecule has 0 spiro atoms. The molecule has 0 bridgehead atoms. The lowest BCUT2D eigenvalue weighted by molar-refractivity contribution is -0.114. The second kappa shape index (κ2) is 4.55. The lowest BCUT2D eigenvalue weighted by Crippen LogP contribution is -2.36. The molecule has 0 aromatic rings. The highest BCUT2D eigenvalue weighted by molar-refractivity contribution is 5.92. The van der Waals surface area contributed by atoms with Gasteiger partial charge in [-0.2, -0.15) is 0 Å². The van der Waals surface area contributed by atoms with E-state index in [2.05, 4.69) is 9.80 Å². The van der Waals surface area contributed by atoms with E-state index in [1.54, 1.807) is 6.08 Å². The molecule has 2 aliphatic rings. The molecule has 0 aromatic heterocycles. The van der Waals surface area contributed by atoms with Crippen LogP contribution in [0.4, 0.5) is 0 Å². The number of rotatable bonds is 3. The van der Waals surface area contributed by atoms with Gasteiger partial charge in [0.25, 0.3) is 0 Å². The van der Waals surface area contributed by atoms with Crippen molar-refractivity contribution in [2.24, 2.45) is 0 Å². The smallest absolute Gasteiger partial charge is 0.157 e. The van der Waals surface area contributed by atoms with E-state index >= 15 is 0 Å². The Balaban J connectivity index is 2.06. The number of carbonyl (C=O) groups excluding carboxylic acids is 1. The van der Waals surface area contributed by atoms with Gasteiger partial charge in [0.2, 0.25) is 0 Å². The van der Waals surface area contributed by atoms with Crippen molar-refractivity contribution in [3.05, 3.63) is 11.8 Å². The molecule has 4 heteroatoms. The third-order valence-corrected chi connectivity index (χ3v) is 3.29. The molecule has 1 heterocycles. The molecular formula is C12H20N2O2. The molecule has 1 aliphatic carbocycles. The summed E-state index contributed by atoms with van der Waals surface area (Å²) in [4.78, 5) is 15.6. The van der Waals surface area contributed by atoms with E-state index in [0.29, 0.717) is 19.0 Å². The fourth-order valence-corrected chi connectivity index (χ4v) is 2.65. The predicted molar refractivity (Wildman–Crippen MR) is 62.0 cm³/mol. The van der Waals surface area contributed by atoms with Crippen LogP contribution in [0.1, 0.15) is 19.3 Å². The Kier molecular flexibility index (Phi) is 3.30. The number of allylic oxidation sites excluding steroid dienone is 2. The van der Waals surface area contributed by atoms with E-state index in [1.165, 1.54) is 0 Å². The zero-order chi connectivity index (χ0) is 11.7. The van der Waals surface area contributed by atoms with E-state index in [1.807, 2.05) is 14.1 Å². The van der Waals surface area contributed by atoms with Crippen molar-refractivity contribution in [2.45, 2.75) is 31.4 Å². The minimum absolute atomic E-state index is 0.222. The molecular weight excluding hydrogens is 204 g/mol. The normalized spacial score (nSPS) is 30.4. The molecule has 4 nitrogen and oxygen atoms in total. The summed E-state index contributed by atoms with van der Waals surface area (Å²) >= 11 is 0. The van der Waals surface area contributed by atoms with Crippen molar-refractivity contribution in [1.29, 1.82) is 0 Å². The maximum absolute atomic E-state index is 11.2. The van der Waals surface area contributed by atoms with Crippen LogP contribution in [0, 0.1) is 0 Å². The largest absolute Gasteiger partial charge is 0.391 e. The first-order valence-electron chi connectivity index (χ1n) is 5.89. The first-order valence-corrected chi connectivity index (χ1v) is 5.89. The third kappa shape index (κ3) is 2.44. The first kappa shape index (κ1) is 11.6. The Morgan fingerprint density at radius 3 is 2.81 bits per heavy atom.